The first-order chi connectivity index (χ1) is 50.0. The van der Waals surface area contributed by atoms with Crippen molar-refractivity contribution in [2.24, 2.45) is 92.7 Å². The molecule has 0 bridgehead atoms. The van der Waals surface area contributed by atoms with Gasteiger partial charge in [-0.25, -0.2) is 9.36 Å². The summed E-state index contributed by atoms with van der Waals surface area (Å²) in [5.41, 5.74) is 10.5. The number of esters is 2. The van der Waals surface area contributed by atoms with Crippen molar-refractivity contribution in [2.45, 2.75) is 253 Å². The number of ether oxygens (including phenoxy) is 2. The van der Waals surface area contributed by atoms with Crippen LogP contribution in [0.25, 0.3) is 44.3 Å². The van der Waals surface area contributed by atoms with Crippen LogP contribution in [0.2, 0.25) is 0 Å². The number of rotatable bonds is 28. The fraction of sp³-hybridized carbons (Fsp3) is 0.732. The van der Waals surface area contributed by atoms with Crippen molar-refractivity contribution in [2.75, 3.05) is 31.1 Å². The maximum atomic E-state index is 13.8. The van der Waals surface area contributed by atoms with Crippen LogP contribution in [0, 0.1) is 92.7 Å². The van der Waals surface area contributed by atoms with Crippen molar-refractivity contribution < 1.29 is 44.0 Å². The number of amides is 4. The third-order valence-electron chi connectivity index (χ3n) is 29.3. The van der Waals surface area contributed by atoms with E-state index in [1.165, 1.54) is 77.0 Å². The second-order valence-corrected chi connectivity index (χ2v) is 35.6. The SMILES string of the molecule is CCCNC(=O)C(CS)NC(=O)CC[C@@H](C)C1CC[C@H]2[C@@H]3CC[C@H]4C[C@H](OC(=O)Cn5cc(-c6ccc7c8ccc(-c9cn(CC(=O)O[C@@H]%10CCC%11(C)C%12CCC%13(C)C([C@H](C)CCC(=O)N[C@@H](CS)C(=O)NCCC)CC[C@H]%13[C@@H]%12CC[C@@H]%11C%10)nn9)cc8n(CC[NH3+])c7c6)nn5)CCC4(C)C3CCC12C. The molecule has 8 saturated carbocycles. The molecule has 5 aromatic rings. The number of fused-ring (bicyclic) bond motifs is 13. The number of nitrogens with one attached hydrogen (secondary N) is 4. The van der Waals surface area contributed by atoms with Gasteiger partial charge in [0, 0.05) is 70.4 Å². The molecule has 22 heteroatoms. The summed E-state index contributed by atoms with van der Waals surface area (Å²) in [5, 5.41) is 31.9. The van der Waals surface area contributed by atoms with Crippen LogP contribution >= 0.6 is 25.3 Å². The van der Waals surface area contributed by atoms with Gasteiger partial charge in [0.2, 0.25) is 23.6 Å². The number of quaternary nitrogens is 1. The van der Waals surface area contributed by atoms with E-state index in [1.54, 1.807) is 9.36 Å². The maximum absolute atomic E-state index is 13.8. The van der Waals surface area contributed by atoms with Crippen molar-refractivity contribution in [3.8, 4) is 22.5 Å². The summed E-state index contributed by atoms with van der Waals surface area (Å²) in [7, 11) is 0. The molecule has 7 N–H and O–H groups in total. The quantitative estimate of drug-likeness (QED) is 0.0182. The highest BCUT2D eigenvalue weighted by atomic mass is 32.1. The minimum Gasteiger partial charge on any atom is -0.461 e. The highest BCUT2D eigenvalue weighted by Gasteiger charge is 2.63. The molecule has 20 atom stereocenters. The Bertz CT molecular complexity index is 3670. The van der Waals surface area contributed by atoms with Crippen LogP contribution < -0.4 is 27.0 Å². The summed E-state index contributed by atoms with van der Waals surface area (Å²) < 4.78 is 18.1. The van der Waals surface area contributed by atoms with Gasteiger partial charge in [0.1, 0.15) is 48.8 Å². The number of benzene rings is 2. The fourth-order valence-corrected chi connectivity index (χ4v) is 24.4. The molecule has 13 rings (SSSR count). The topological polar surface area (TPSA) is 263 Å². The van der Waals surface area contributed by atoms with E-state index >= 15 is 0 Å². The molecule has 104 heavy (non-hydrogen) atoms. The molecular formula is C82H121N12O8S2+. The lowest BCUT2D eigenvalue weighted by molar-refractivity contribution is -0.369. The predicted octanol–water partition coefficient (Wildman–Crippen LogP) is 12.4. The van der Waals surface area contributed by atoms with E-state index in [1.807, 2.05) is 26.2 Å². The van der Waals surface area contributed by atoms with Crippen LogP contribution in [0.3, 0.4) is 0 Å². The van der Waals surface area contributed by atoms with E-state index in [0.717, 1.165) is 97.1 Å². The van der Waals surface area contributed by atoms with Crippen molar-refractivity contribution in [1.29, 1.82) is 0 Å². The Labute approximate surface area is 627 Å². The Morgan fingerprint density at radius 2 is 0.971 bits per heavy atom. The minimum absolute atomic E-state index is 0.00792. The number of thiol groups is 2. The third-order valence-corrected chi connectivity index (χ3v) is 30.0. The molecular weight excluding hydrogens is 1350 g/mol. The van der Waals surface area contributed by atoms with Crippen LogP contribution in [-0.4, -0.2) is 126 Å². The predicted molar refractivity (Wildman–Crippen MR) is 410 cm³/mol. The van der Waals surface area contributed by atoms with Crippen molar-refractivity contribution in [1.82, 2.24) is 55.8 Å². The largest absolute Gasteiger partial charge is 0.461 e. The number of hydrogen-bond acceptors (Lipinski definition) is 14. The van der Waals surface area contributed by atoms with Gasteiger partial charge < -0.3 is 41.0 Å². The lowest BCUT2D eigenvalue weighted by Gasteiger charge is -2.61. The molecule has 8 fully saturated rings. The van der Waals surface area contributed by atoms with E-state index < -0.39 is 12.1 Å². The Hall–Kier alpha value is -6.00. The molecule has 4 amide bonds. The summed E-state index contributed by atoms with van der Waals surface area (Å²) in [4.78, 5) is 78.9. The van der Waals surface area contributed by atoms with Gasteiger partial charge in [0.25, 0.3) is 0 Å². The van der Waals surface area contributed by atoms with Crippen LogP contribution in [0.5, 0.6) is 0 Å². The molecule has 9 unspecified atom stereocenters. The first kappa shape index (κ1) is 76.2. The molecule has 3 aromatic heterocycles. The summed E-state index contributed by atoms with van der Waals surface area (Å²) in [5.74, 6) is 6.79. The van der Waals surface area contributed by atoms with Gasteiger partial charge in [-0.2, -0.15) is 25.3 Å². The van der Waals surface area contributed by atoms with E-state index in [2.05, 4.69) is 155 Å². The van der Waals surface area contributed by atoms with Gasteiger partial charge in [-0.05, 0) is 246 Å². The zero-order chi connectivity index (χ0) is 73.4. The van der Waals surface area contributed by atoms with Gasteiger partial charge in [-0.3, -0.25) is 28.8 Å². The van der Waals surface area contributed by atoms with Crippen molar-refractivity contribution in [3.63, 3.8) is 0 Å². The Balaban J connectivity index is 0.570. The molecule has 568 valence electrons. The van der Waals surface area contributed by atoms with E-state index in [-0.39, 0.29) is 94.0 Å². The van der Waals surface area contributed by atoms with Gasteiger partial charge in [0.05, 0.1) is 25.5 Å². The van der Waals surface area contributed by atoms with Gasteiger partial charge in [-0.15, -0.1) is 10.2 Å². The zero-order valence-electron chi connectivity index (χ0n) is 63.5. The van der Waals surface area contributed by atoms with E-state index in [9.17, 15) is 28.8 Å². The smallest absolute Gasteiger partial charge is 0.328 e. The van der Waals surface area contributed by atoms with Gasteiger partial charge in [-0.1, -0.05) is 90.1 Å². The second-order valence-electron chi connectivity index (χ2n) is 34.8. The lowest BCUT2D eigenvalue weighted by atomic mass is 9.44. The number of carbonyl (C=O) groups is 6. The van der Waals surface area contributed by atoms with Crippen LogP contribution in [0.1, 0.15) is 209 Å². The molecule has 3 heterocycles. The first-order valence-corrected chi connectivity index (χ1v) is 41.7. The van der Waals surface area contributed by atoms with Crippen molar-refractivity contribution >= 4 is 82.6 Å². The number of nitrogens with zero attached hydrogens (tertiary/aromatic N) is 7. The number of hydrogen-bond donors (Lipinski definition) is 7. The molecule has 8 aliphatic carbocycles. The maximum Gasteiger partial charge on any atom is 0.328 e. The highest BCUT2D eigenvalue weighted by molar-refractivity contribution is 7.80. The molecule has 0 spiro atoms. The van der Waals surface area contributed by atoms with Crippen LogP contribution in [-0.2, 0) is 57.9 Å². The standard InChI is InChI=1S/C82H120N12O8S2/c1-9-36-84-77(99)69(47-103)86-73(95)25-11-49(3)61-21-23-63-59-19-15-53-41-55(27-31-79(53,5)65(59)29-33-81(61,63)7)101-75(97)45-92-43-67(88-90-92)51-13-17-57-58-18-14-52(40-72(58)94(38-35-83)71(57)39-51)68-44-93(91-89-68)46-76(98)102-56-28-32-80(6)54(42-56)16-20-60-64-24-22-62(82(64,8)34-30-66(60)80)50(4)12-26-74(96)87-70(48-104)78(100)85-37-10-2/h13-14,17-18,39-40,43-44,49-50,53-56,59-66,69-70,103-104H,9-12,15-16,19-38,41-42,45-48,83H2,1-8H3,(H,84,99)(H,85,100)(H,86,95)(H,87,96)/p+1/t49-,50-,53-,54+,55-,56-,59+,60+,61?,62?,63+,64+,65?,66?,69+,70?,79?,80?,81?,82?/m1/s1. The monoisotopic (exact) mass is 1470 g/mol. The summed E-state index contributed by atoms with van der Waals surface area (Å²) in [6.45, 7) is 21.5. The number of aromatic nitrogens is 7. The van der Waals surface area contributed by atoms with E-state index in [4.69, 9.17) is 9.47 Å². The Morgan fingerprint density at radius 3 is 1.38 bits per heavy atom. The van der Waals surface area contributed by atoms with Crippen LogP contribution in [0.4, 0.5) is 0 Å². The van der Waals surface area contributed by atoms with E-state index in [0.29, 0.717) is 121 Å². The normalized spacial score (nSPS) is 32.5. The average Bonchev–Trinajstić information content (AvgIpc) is 1.43. The van der Waals surface area contributed by atoms with Gasteiger partial charge in [0.15, 0.2) is 0 Å². The molecule has 8 aliphatic rings. The van der Waals surface area contributed by atoms with Crippen LogP contribution in [0.15, 0.2) is 48.8 Å². The molecule has 0 saturated heterocycles. The third kappa shape index (κ3) is 15.2. The molecule has 2 aromatic carbocycles. The first-order valence-electron chi connectivity index (χ1n) is 40.4. The summed E-state index contributed by atoms with van der Waals surface area (Å²) in [6.07, 6.45) is 28.1. The second kappa shape index (κ2) is 32.1. The summed E-state index contributed by atoms with van der Waals surface area (Å²) in [6, 6.07) is 11.5. The van der Waals surface area contributed by atoms with Crippen molar-refractivity contribution in [3.05, 3.63) is 48.8 Å². The summed E-state index contributed by atoms with van der Waals surface area (Å²) >= 11 is 8.71. The highest BCUT2D eigenvalue weighted by Crippen LogP contribution is 2.70. The minimum atomic E-state index is -0.609. The fourth-order valence-electron chi connectivity index (χ4n) is 23.9. The lowest BCUT2D eigenvalue weighted by Crippen LogP contribution is -2.54. The Kier molecular flexibility index (Phi) is 23.5. The number of carbonyl (C=O) groups excluding carboxylic acids is 6. The van der Waals surface area contributed by atoms with Gasteiger partial charge >= 0.3 is 11.9 Å². The molecule has 0 aliphatic heterocycles. The molecule has 20 nitrogen and oxygen atoms in total. The molecule has 0 radical (unpaired) electrons. The zero-order valence-corrected chi connectivity index (χ0v) is 65.3. The Morgan fingerprint density at radius 1 is 0.558 bits per heavy atom. The average molecular weight is 1470 g/mol.